The Labute approximate surface area is 209 Å². The number of nitrogen functional groups attached to an aromatic ring is 2. The van der Waals surface area contributed by atoms with Crippen molar-refractivity contribution in [2.24, 2.45) is 0 Å². The average molecular weight is 503 g/mol. The van der Waals surface area contributed by atoms with Crippen molar-refractivity contribution in [1.29, 1.82) is 0 Å². The van der Waals surface area contributed by atoms with Gasteiger partial charge in [-0.2, -0.15) is 0 Å². The molecule has 2 heterocycles. The Balaban J connectivity index is 1.32. The summed E-state index contributed by atoms with van der Waals surface area (Å²) in [6.07, 6.45) is 0. The van der Waals surface area contributed by atoms with Gasteiger partial charge in [-0.3, -0.25) is 9.59 Å². The van der Waals surface area contributed by atoms with Crippen LogP contribution in [0.15, 0.2) is 72.8 Å². The molecule has 2 amide bonds. The number of rotatable bonds is 8. The summed E-state index contributed by atoms with van der Waals surface area (Å²) in [6.45, 7) is 0. The highest BCUT2D eigenvalue weighted by Gasteiger charge is 2.15. The summed E-state index contributed by atoms with van der Waals surface area (Å²) in [5, 5.41) is 4.89. The van der Waals surface area contributed by atoms with Gasteiger partial charge in [-0.1, -0.05) is 24.3 Å². The number of nitrogens with zero attached hydrogens (tertiary/aromatic N) is 2. The molecule has 2 aromatic heterocycles. The molecule has 4 aromatic rings. The molecule has 10 nitrogen and oxygen atoms in total. The van der Waals surface area contributed by atoms with Crippen molar-refractivity contribution < 1.29 is 27.7 Å². The molecular formula is C24H18BF2N6O4. The van der Waals surface area contributed by atoms with Gasteiger partial charge in [0.15, 0.2) is 11.6 Å². The highest BCUT2D eigenvalue weighted by atomic mass is 19.1. The lowest BCUT2D eigenvalue weighted by Gasteiger charge is -2.12. The van der Waals surface area contributed by atoms with E-state index in [1.54, 1.807) is 0 Å². The van der Waals surface area contributed by atoms with Crippen molar-refractivity contribution in [1.82, 2.24) is 9.97 Å². The first-order valence-electron chi connectivity index (χ1n) is 10.6. The Morgan fingerprint density at radius 2 is 1.08 bits per heavy atom. The number of pyridine rings is 2. The second-order valence-electron chi connectivity index (χ2n) is 7.36. The zero-order valence-electron chi connectivity index (χ0n) is 18.9. The summed E-state index contributed by atoms with van der Waals surface area (Å²) >= 11 is 0. The smallest absolute Gasteiger partial charge is 0.524 e. The van der Waals surface area contributed by atoms with Crippen LogP contribution in [0.2, 0.25) is 0 Å². The van der Waals surface area contributed by atoms with Crippen LogP contribution in [0.5, 0.6) is 11.5 Å². The van der Waals surface area contributed by atoms with Crippen LogP contribution >= 0.6 is 0 Å². The lowest BCUT2D eigenvalue weighted by Crippen LogP contribution is -2.17. The molecule has 0 saturated heterocycles. The first kappa shape index (κ1) is 24.9. The zero-order chi connectivity index (χ0) is 26.4. The third-order valence-corrected chi connectivity index (χ3v) is 4.84. The van der Waals surface area contributed by atoms with Gasteiger partial charge in [-0.25, -0.2) is 18.7 Å². The minimum Gasteiger partial charge on any atom is -0.524 e. The number of nitrogens with two attached hydrogens (primary N) is 2. The molecule has 0 aliphatic carbocycles. The number of carbonyl (C=O) groups is 2. The van der Waals surface area contributed by atoms with E-state index in [1.807, 2.05) is 0 Å². The van der Waals surface area contributed by atoms with Crippen molar-refractivity contribution in [3.8, 4) is 11.5 Å². The van der Waals surface area contributed by atoms with Crippen LogP contribution in [0, 0.1) is 11.6 Å². The standard InChI is InChI=1S/C24H18BF2N6O4/c26-15-7-3-1-5-13(15)23(34)32-19-11-9-17(21(28)30-19)36-25-37-18-10-12-20(31-22(18)29)33-24(35)14-6-2-4-8-16(14)27/h1-12H,(H3,28,30,32,34)(H3,29,31,33,35). The third kappa shape index (κ3) is 6.09. The summed E-state index contributed by atoms with van der Waals surface area (Å²) < 4.78 is 38.2. The molecule has 0 bridgehead atoms. The Kier molecular flexibility index (Phi) is 7.43. The maximum Gasteiger partial charge on any atom is 0.658 e. The molecular weight excluding hydrogens is 485 g/mol. The van der Waals surface area contributed by atoms with Gasteiger partial charge in [0.25, 0.3) is 11.8 Å². The normalized spacial score (nSPS) is 10.3. The lowest BCUT2D eigenvalue weighted by atomic mass is 10.2. The minimum absolute atomic E-state index is 0.0801. The number of benzene rings is 2. The van der Waals surface area contributed by atoms with E-state index in [0.29, 0.717) is 0 Å². The fourth-order valence-corrected chi connectivity index (χ4v) is 3.05. The summed E-state index contributed by atoms with van der Waals surface area (Å²) in [6, 6.07) is 16.7. The van der Waals surface area contributed by atoms with Crippen LogP contribution in [0.3, 0.4) is 0 Å². The Morgan fingerprint density at radius 3 is 1.46 bits per heavy atom. The summed E-state index contributed by atoms with van der Waals surface area (Å²) in [4.78, 5) is 32.4. The summed E-state index contributed by atoms with van der Waals surface area (Å²) in [5.74, 6) is -2.51. The molecule has 0 fully saturated rings. The molecule has 0 atom stereocenters. The molecule has 0 spiro atoms. The Hall–Kier alpha value is -5.20. The number of halogens is 2. The molecule has 1 radical (unpaired) electrons. The van der Waals surface area contributed by atoms with E-state index in [4.69, 9.17) is 20.8 Å². The highest BCUT2D eigenvalue weighted by Crippen LogP contribution is 2.24. The summed E-state index contributed by atoms with van der Waals surface area (Å²) in [7, 11) is 0.927. The van der Waals surface area contributed by atoms with Gasteiger partial charge in [0.2, 0.25) is 0 Å². The number of nitrogens with one attached hydrogen (secondary N) is 2. The lowest BCUT2D eigenvalue weighted by molar-refractivity contribution is 0.101. The van der Waals surface area contributed by atoms with Crippen LogP contribution in [0.4, 0.5) is 32.1 Å². The predicted octanol–water partition coefficient (Wildman–Crippen LogP) is 3.42. The molecule has 185 valence electrons. The molecule has 4 rings (SSSR count). The average Bonchev–Trinajstić information content (AvgIpc) is 2.87. The van der Waals surface area contributed by atoms with Gasteiger partial charge in [0.1, 0.15) is 34.8 Å². The molecule has 37 heavy (non-hydrogen) atoms. The van der Waals surface area contributed by atoms with Crippen molar-refractivity contribution >= 4 is 42.8 Å². The van der Waals surface area contributed by atoms with Gasteiger partial charge in [0.05, 0.1) is 11.1 Å². The van der Waals surface area contributed by atoms with Crippen molar-refractivity contribution in [3.05, 3.63) is 95.6 Å². The van der Waals surface area contributed by atoms with Gasteiger partial charge in [-0.15, -0.1) is 0 Å². The topological polar surface area (TPSA) is 154 Å². The Morgan fingerprint density at radius 1 is 0.676 bits per heavy atom. The number of aromatic nitrogens is 2. The van der Waals surface area contributed by atoms with E-state index < -0.39 is 23.4 Å². The number of hydrogen-bond donors (Lipinski definition) is 4. The van der Waals surface area contributed by atoms with Crippen molar-refractivity contribution in [2.75, 3.05) is 22.1 Å². The number of carbonyl (C=O) groups excluding carboxylic acids is 2. The zero-order valence-corrected chi connectivity index (χ0v) is 18.9. The van der Waals surface area contributed by atoms with Crippen LogP contribution in [-0.2, 0) is 0 Å². The maximum atomic E-state index is 13.8. The van der Waals surface area contributed by atoms with E-state index in [0.717, 1.165) is 7.69 Å². The number of amides is 2. The minimum atomic E-state index is -0.690. The van der Waals surface area contributed by atoms with E-state index >= 15 is 0 Å². The van der Waals surface area contributed by atoms with Crippen molar-refractivity contribution in [2.45, 2.75) is 0 Å². The fraction of sp³-hybridized carbons (Fsp3) is 0. The number of hydrogen-bond acceptors (Lipinski definition) is 8. The highest BCUT2D eigenvalue weighted by molar-refractivity contribution is 6.21. The molecule has 13 heteroatoms. The number of anilines is 4. The largest absolute Gasteiger partial charge is 0.658 e. The molecule has 0 aliphatic heterocycles. The Bertz CT molecular complexity index is 1360. The third-order valence-electron chi connectivity index (χ3n) is 4.84. The first-order valence-corrected chi connectivity index (χ1v) is 10.6. The van der Waals surface area contributed by atoms with Gasteiger partial charge in [-0.05, 0) is 48.5 Å². The van der Waals surface area contributed by atoms with E-state index in [1.165, 1.54) is 72.8 Å². The van der Waals surface area contributed by atoms with E-state index in [2.05, 4.69) is 20.6 Å². The fourth-order valence-electron chi connectivity index (χ4n) is 3.05. The van der Waals surface area contributed by atoms with E-state index in [9.17, 15) is 18.4 Å². The van der Waals surface area contributed by atoms with Crippen LogP contribution < -0.4 is 31.4 Å². The summed E-state index contributed by atoms with van der Waals surface area (Å²) in [5.41, 5.74) is 11.4. The van der Waals surface area contributed by atoms with Gasteiger partial charge in [0, 0.05) is 0 Å². The SMILES string of the molecule is Nc1nc(NC(=O)c2ccccc2F)ccc1O[B]Oc1ccc(NC(=O)c2ccccc2F)nc1N. The second-order valence-corrected chi connectivity index (χ2v) is 7.36. The van der Waals surface area contributed by atoms with Gasteiger partial charge < -0.3 is 31.4 Å². The monoisotopic (exact) mass is 503 g/mol. The molecule has 0 aliphatic rings. The van der Waals surface area contributed by atoms with Crippen molar-refractivity contribution in [3.63, 3.8) is 0 Å². The van der Waals surface area contributed by atoms with E-state index in [-0.39, 0.29) is 45.9 Å². The van der Waals surface area contributed by atoms with Crippen LogP contribution in [0.1, 0.15) is 20.7 Å². The van der Waals surface area contributed by atoms with Gasteiger partial charge >= 0.3 is 7.69 Å². The maximum absolute atomic E-state index is 13.8. The molecule has 2 aromatic carbocycles. The van der Waals surface area contributed by atoms with Crippen LogP contribution in [-0.4, -0.2) is 29.5 Å². The predicted molar refractivity (Wildman–Crippen MR) is 133 cm³/mol. The second kappa shape index (κ2) is 11.0. The molecule has 0 unspecified atom stereocenters. The quantitative estimate of drug-likeness (QED) is 0.267. The first-order chi connectivity index (χ1) is 17.8. The molecule has 6 N–H and O–H groups in total. The molecule has 0 saturated carbocycles. The van der Waals surface area contributed by atoms with Crippen LogP contribution in [0.25, 0.3) is 0 Å².